The maximum Gasteiger partial charge on any atom is 0.258 e. The number of methoxy groups -OCH3 is 1. The maximum absolute atomic E-state index is 12.6. The van der Waals surface area contributed by atoms with Crippen LogP contribution in [0.25, 0.3) is 11.5 Å². The van der Waals surface area contributed by atoms with E-state index in [1.807, 2.05) is 48.2 Å². The Hall–Kier alpha value is -3.22. The summed E-state index contributed by atoms with van der Waals surface area (Å²) >= 11 is 0. The number of amides is 1. The Bertz CT molecular complexity index is 924. The Kier molecular flexibility index (Phi) is 4.58. The lowest BCUT2D eigenvalue weighted by atomic mass is 10.1. The minimum atomic E-state index is -0.0717. The summed E-state index contributed by atoms with van der Waals surface area (Å²) in [6.07, 6.45) is 3.74. The molecule has 7 nitrogen and oxygen atoms in total. The molecule has 1 fully saturated rings. The lowest BCUT2D eigenvalue weighted by Crippen LogP contribution is -2.28. The van der Waals surface area contributed by atoms with Gasteiger partial charge in [0.2, 0.25) is 5.91 Å². The number of hydrogen-bond donors (Lipinski definition) is 0. The van der Waals surface area contributed by atoms with Gasteiger partial charge in [0.05, 0.1) is 13.2 Å². The van der Waals surface area contributed by atoms with Gasteiger partial charge in [-0.3, -0.25) is 9.78 Å². The van der Waals surface area contributed by atoms with Crippen molar-refractivity contribution < 1.29 is 14.1 Å². The van der Waals surface area contributed by atoms with Crippen LogP contribution in [0.15, 0.2) is 53.3 Å². The van der Waals surface area contributed by atoms with E-state index in [9.17, 15) is 4.79 Å². The molecule has 1 amide bonds. The molecule has 7 heteroatoms. The topological polar surface area (TPSA) is 81.3 Å². The monoisotopic (exact) mass is 364 g/mol. The van der Waals surface area contributed by atoms with Crippen LogP contribution in [0.1, 0.15) is 36.7 Å². The molecule has 0 N–H and O–H groups in total. The van der Waals surface area contributed by atoms with E-state index in [2.05, 4.69) is 15.1 Å². The molecule has 0 aliphatic carbocycles. The Morgan fingerprint density at radius 3 is 2.63 bits per heavy atom. The van der Waals surface area contributed by atoms with Crippen molar-refractivity contribution in [3.63, 3.8) is 0 Å². The lowest BCUT2D eigenvalue weighted by Gasteiger charge is -2.25. The Labute approximate surface area is 157 Å². The number of carbonyl (C=O) groups excluding carboxylic acids is 1. The number of rotatable bonds is 5. The van der Waals surface area contributed by atoms with Crippen LogP contribution < -0.4 is 4.74 Å². The summed E-state index contributed by atoms with van der Waals surface area (Å²) in [4.78, 5) is 22.9. The van der Waals surface area contributed by atoms with E-state index in [0.29, 0.717) is 24.7 Å². The highest BCUT2D eigenvalue weighted by molar-refractivity contribution is 5.80. The van der Waals surface area contributed by atoms with Gasteiger partial charge in [-0.15, -0.1) is 0 Å². The van der Waals surface area contributed by atoms with Gasteiger partial charge in [0.25, 0.3) is 5.89 Å². The van der Waals surface area contributed by atoms with E-state index in [1.165, 1.54) is 0 Å². The van der Waals surface area contributed by atoms with Crippen LogP contribution in [0.4, 0.5) is 0 Å². The summed E-state index contributed by atoms with van der Waals surface area (Å²) < 4.78 is 10.6. The number of hydrogen-bond acceptors (Lipinski definition) is 6. The van der Waals surface area contributed by atoms with Crippen LogP contribution >= 0.6 is 0 Å². The number of benzene rings is 1. The largest absolute Gasteiger partial charge is 0.497 e. The molecule has 3 aromatic rings. The second-order valence-electron chi connectivity index (χ2n) is 6.59. The number of likely N-dealkylation sites (tertiary alicyclic amines) is 1. The molecule has 0 saturated carbocycles. The van der Waals surface area contributed by atoms with Gasteiger partial charge >= 0.3 is 0 Å². The molecule has 1 aromatic carbocycles. The van der Waals surface area contributed by atoms with E-state index < -0.39 is 0 Å². The standard InChI is InChI=1S/C20H20N4O3/c1-13(14-3-5-17(26-2)6-4-14)24-12-16(11-18(24)25)19-22-20(27-23-19)15-7-9-21-10-8-15/h3-10,13,16H,11-12H2,1-2H3. The summed E-state index contributed by atoms with van der Waals surface area (Å²) in [6, 6.07) is 11.4. The predicted molar refractivity (Wildman–Crippen MR) is 98.0 cm³/mol. The number of aromatic nitrogens is 3. The first kappa shape index (κ1) is 17.2. The van der Waals surface area contributed by atoms with Crippen molar-refractivity contribution in [3.05, 3.63) is 60.2 Å². The molecule has 4 rings (SSSR count). The van der Waals surface area contributed by atoms with E-state index >= 15 is 0 Å². The molecular weight excluding hydrogens is 344 g/mol. The molecule has 0 radical (unpaired) electrons. The highest BCUT2D eigenvalue weighted by Gasteiger charge is 2.36. The Balaban J connectivity index is 1.49. The minimum Gasteiger partial charge on any atom is -0.497 e. The van der Waals surface area contributed by atoms with Crippen molar-refractivity contribution in [2.45, 2.75) is 25.3 Å². The van der Waals surface area contributed by atoms with Crippen molar-refractivity contribution in [1.29, 1.82) is 0 Å². The van der Waals surface area contributed by atoms with Gasteiger partial charge in [-0.05, 0) is 36.8 Å². The molecule has 0 bridgehead atoms. The molecule has 138 valence electrons. The zero-order chi connectivity index (χ0) is 18.8. The molecule has 2 aromatic heterocycles. The Morgan fingerprint density at radius 2 is 1.93 bits per heavy atom. The molecule has 3 heterocycles. The second kappa shape index (κ2) is 7.19. The fourth-order valence-corrected chi connectivity index (χ4v) is 3.35. The zero-order valence-corrected chi connectivity index (χ0v) is 15.2. The first-order valence-corrected chi connectivity index (χ1v) is 8.83. The third kappa shape index (κ3) is 3.40. The molecule has 27 heavy (non-hydrogen) atoms. The van der Waals surface area contributed by atoms with Gasteiger partial charge in [0, 0.05) is 36.8 Å². The van der Waals surface area contributed by atoms with Crippen LogP contribution in [-0.4, -0.2) is 39.6 Å². The highest BCUT2D eigenvalue weighted by Crippen LogP contribution is 2.34. The third-order valence-electron chi connectivity index (χ3n) is 4.96. The third-order valence-corrected chi connectivity index (χ3v) is 4.96. The van der Waals surface area contributed by atoms with E-state index in [4.69, 9.17) is 9.26 Å². The molecular formula is C20H20N4O3. The smallest absolute Gasteiger partial charge is 0.258 e. The number of nitrogens with zero attached hydrogens (tertiary/aromatic N) is 4. The molecule has 1 saturated heterocycles. The normalized spacial score (nSPS) is 17.9. The van der Waals surface area contributed by atoms with Crippen molar-refractivity contribution in [2.75, 3.05) is 13.7 Å². The van der Waals surface area contributed by atoms with E-state index in [-0.39, 0.29) is 17.9 Å². The van der Waals surface area contributed by atoms with Crippen LogP contribution in [0.2, 0.25) is 0 Å². The van der Waals surface area contributed by atoms with Crippen LogP contribution in [0, 0.1) is 0 Å². The van der Waals surface area contributed by atoms with Crippen LogP contribution in [0.3, 0.4) is 0 Å². The second-order valence-corrected chi connectivity index (χ2v) is 6.59. The van der Waals surface area contributed by atoms with Gasteiger partial charge in [0.15, 0.2) is 5.82 Å². The van der Waals surface area contributed by atoms with Crippen molar-refractivity contribution in [1.82, 2.24) is 20.0 Å². The van der Waals surface area contributed by atoms with Crippen molar-refractivity contribution in [3.8, 4) is 17.2 Å². The van der Waals surface area contributed by atoms with Gasteiger partial charge in [-0.2, -0.15) is 4.98 Å². The average Bonchev–Trinajstić information content (AvgIpc) is 3.35. The maximum atomic E-state index is 12.6. The minimum absolute atomic E-state index is 0.0278. The molecule has 1 aliphatic rings. The Morgan fingerprint density at radius 1 is 1.19 bits per heavy atom. The highest BCUT2D eigenvalue weighted by atomic mass is 16.5. The van der Waals surface area contributed by atoms with Gasteiger partial charge in [-0.25, -0.2) is 0 Å². The number of ether oxygens (including phenoxy) is 1. The molecule has 2 atom stereocenters. The fraction of sp³-hybridized carbons (Fsp3) is 0.300. The quantitative estimate of drug-likeness (QED) is 0.691. The fourth-order valence-electron chi connectivity index (χ4n) is 3.35. The SMILES string of the molecule is COc1ccc(C(C)N2CC(c3noc(-c4ccncc4)n3)CC2=O)cc1. The molecule has 0 spiro atoms. The lowest BCUT2D eigenvalue weighted by molar-refractivity contribution is -0.129. The van der Waals surface area contributed by atoms with Gasteiger partial charge < -0.3 is 14.2 Å². The van der Waals surface area contributed by atoms with E-state index in [1.54, 1.807) is 19.5 Å². The number of pyridine rings is 1. The first-order chi connectivity index (χ1) is 13.2. The van der Waals surface area contributed by atoms with Gasteiger partial charge in [0.1, 0.15) is 5.75 Å². The average molecular weight is 364 g/mol. The summed E-state index contributed by atoms with van der Waals surface area (Å²) in [5.74, 6) is 1.84. The van der Waals surface area contributed by atoms with E-state index in [0.717, 1.165) is 16.9 Å². The van der Waals surface area contributed by atoms with Crippen molar-refractivity contribution in [2.24, 2.45) is 0 Å². The summed E-state index contributed by atoms with van der Waals surface area (Å²) in [5, 5.41) is 4.10. The summed E-state index contributed by atoms with van der Waals surface area (Å²) in [6.45, 7) is 2.60. The van der Waals surface area contributed by atoms with Crippen LogP contribution in [-0.2, 0) is 4.79 Å². The van der Waals surface area contributed by atoms with Gasteiger partial charge in [-0.1, -0.05) is 17.3 Å². The predicted octanol–water partition coefficient (Wildman–Crippen LogP) is 3.22. The zero-order valence-electron chi connectivity index (χ0n) is 15.2. The molecule has 2 unspecified atom stereocenters. The summed E-state index contributed by atoms with van der Waals surface area (Å²) in [7, 11) is 1.64. The molecule has 1 aliphatic heterocycles. The number of carbonyl (C=O) groups is 1. The first-order valence-electron chi connectivity index (χ1n) is 8.83. The van der Waals surface area contributed by atoms with Crippen LogP contribution in [0.5, 0.6) is 5.75 Å². The van der Waals surface area contributed by atoms with Crippen molar-refractivity contribution >= 4 is 5.91 Å². The summed E-state index contributed by atoms with van der Waals surface area (Å²) in [5.41, 5.74) is 1.88.